The van der Waals surface area contributed by atoms with Crippen LogP contribution in [0.1, 0.15) is 24.7 Å². The summed E-state index contributed by atoms with van der Waals surface area (Å²) in [5.74, 6) is -0.477. The molecule has 108 valence electrons. The van der Waals surface area contributed by atoms with Crippen LogP contribution in [0.2, 0.25) is 5.02 Å². The third-order valence-corrected chi connectivity index (χ3v) is 4.49. The van der Waals surface area contributed by atoms with E-state index in [-0.39, 0.29) is 10.8 Å². The van der Waals surface area contributed by atoms with Gasteiger partial charge in [-0.05, 0) is 19.1 Å². The first-order valence-electron chi connectivity index (χ1n) is 5.58. The molecular weight excluding hydrogens is 309 g/mol. The molecule has 0 amide bonds. The standard InChI is InChI=1S/C11H11ClFN3O3S/c1-6(11-14-7(2)19-15-11)16-20(17,18)10-8(12)4-3-5-9(10)13/h3-6,16H,1-2H3/t6-/m1/s1. The Morgan fingerprint density at radius 2 is 2.15 bits per heavy atom. The summed E-state index contributed by atoms with van der Waals surface area (Å²) in [6.07, 6.45) is 0. The third-order valence-electron chi connectivity index (χ3n) is 2.45. The summed E-state index contributed by atoms with van der Waals surface area (Å²) in [6.45, 7) is 3.09. The van der Waals surface area contributed by atoms with Crippen molar-refractivity contribution in [3.63, 3.8) is 0 Å². The van der Waals surface area contributed by atoms with E-state index in [2.05, 4.69) is 14.9 Å². The van der Waals surface area contributed by atoms with Crippen LogP contribution in [0.4, 0.5) is 4.39 Å². The predicted molar refractivity (Wildman–Crippen MR) is 69.2 cm³/mol. The van der Waals surface area contributed by atoms with Gasteiger partial charge in [0.15, 0.2) is 5.82 Å². The summed E-state index contributed by atoms with van der Waals surface area (Å²) < 4.78 is 44.9. The lowest BCUT2D eigenvalue weighted by atomic mass is 10.3. The van der Waals surface area contributed by atoms with Crippen LogP contribution in [0.5, 0.6) is 0 Å². The summed E-state index contributed by atoms with van der Waals surface area (Å²) in [4.78, 5) is 3.30. The Bertz CT molecular complexity index is 712. The molecule has 0 aliphatic heterocycles. The van der Waals surface area contributed by atoms with Crippen molar-refractivity contribution in [3.05, 3.63) is 40.8 Å². The van der Waals surface area contributed by atoms with Gasteiger partial charge >= 0.3 is 0 Å². The summed E-state index contributed by atoms with van der Waals surface area (Å²) in [5.41, 5.74) is 0. The minimum atomic E-state index is -4.14. The number of nitrogens with one attached hydrogen (secondary N) is 1. The van der Waals surface area contributed by atoms with Gasteiger partial charge in [-0.15, -0.1) is 0 Å². The smallest absolute Gasteiger partial charge is 0.245 e. The van der Waals surface area contributed by atoms with E-state index in [1.54, 1.807) is 6.92 Å². The van der Waals surface area contributed by atoms with Gasteiger partial charge in [0.2, 0.25) is 15.9 Å². The van der Waals surface area contributed by atoms with Crippen molar-refractivity contribution in [2.75, 3.05) is 0 Å². The first-order chi connectivity index (χ1) is 9.31. The van der Waals surface area contributed by atoms with Gasteiger partial charge < -0.3 is 4.52 Å². The molecule has 0 saturated carbocycles. The molecule has 9 heteroatoms. The molecule has 0 spiro atoms. The Morgan fingerprint density at radius 3 is 2.70 bits per heavy atom. The Balaban J connectivity index is 2.32. The maximum absolute atomic E-state index is 13.6. The molecule has 1 aromatic heterocycles. The topological polar surface area (TPSA) is 85.1 Å². The number of benzene rings is 1. The van der Waals surface area contributed by atoms with E-state index in [9.17, 15) is 12.8 Å². The van der Waals surface area contributed by atoms with Crippen LogP contribution >= 0.6 is 11.6 Å². The molecule has 0 radical (unpaired) electrons. The fourth-order valence-corrected chi connectivity index (χ4v) is 3.38. The van der Waals surface area contributed by atoms with Gasteiger partial charge in [0.25, 0.3) is 0 Å². The van der Waals surface area contributed by atoms with E-state index < -0.39 is 26.8 Å². The van der Waals surface area contributed by atoms with Gasteiger partial charge in [-0.2, -0.15) is 4.98 Å². The quantitative estimate of drug-likeness (QED) is 0.933. The van der Waals surface area contributed by atoms with Crippen LogP contribution < -0.4 is 4.72 Å². The van der Waals surface area contributed by atoms with E-state index in [0.717, 1.165) is 6.07 Å². The SMILES string of the molecule is Cc1nc([C@@H](C)NS(=O)(=O)c2c(F)cccc2Cl)no1. The van der Waals surface area contributed by atoms with Crippen LogP contribution in [-0.2, 0) is 10.0 Å². The largest absolute Gasteiger partial charge is 0.340 e. The molecule has 0 aliphatic carbocycles. The highest BCUT2D eigenvalue weighted by Crippen LogP contribution is 2.25. The molecular formula is C11H11ClFN3O3S. The number of rotatable bonds is 4. The van der Waals surface area contributed by atoms with Gasteiger partial charge in [0.05, 0.1) is 11.1 Å². The minimum absolute atomic E-state index is 0.151. The van der Waals surface area contributed by atoms with E-state index in [4.69, 9.17) is 16.1 Å². The van der Waals surface area contributed by atoms with Crippen molar-refractivity contribution in [1.82, 2.24) is 14.9 Å². The monoisotopic (exact) mass is 319 g/mol. The van der Waals surface area contributed by atoms with Crippen molar-refractivity contribution >= 4 is 21.6 Å². The lowest BCUT2D eigenvalue weighted by molar-refractivity contribution is 0.383. The van der Waals surface area contributed by atoms with Crippen molar-refractivity contribution in [1.29, 1.82) is 0 Å². The van der Waals surface area contributed by atoms with Gasteiger partial charge in [0, 0.05) is 6.92 Å². The fraction of sp³-hybridized carbons (Fsp3) is 0.273. The molecule has 2 rings (SSSR count). The van der Waals surface area contributed by atoms with Crippen molar-refractivity contribution in [2.45, 2.75) is 24.8 Å². The highest BCUT2D eigenvalue weighted by molar-refractivity contribution is 7.89. The highest BCUT2D eigenvalue weighted by Gasteiger charge is 2.26. The first kappa shape index (κ1) is 14.9. The zero-order valence-corrected chi connectivity index (χ0v) is 12.2. The molecule has 0 saturated heterocycles. The normalized spacial score (nSPS) is 13.4. The number of aryl methyl sites for hydroxylation is 1. The lowest BCUT2D eigenvalue weighted by Gasteiger charge is -2.12. The first-order valence-corrected chi connectivity index (χ1v) is 7.44. The second-order valence-electron chi connectivity index (χ2n) is 4.07. The molecule has 1 atom stereocenters. The Labute approximate surface area is 120 Å². The zero-order valence-electron chi connectivity index (χ0n) is 10.6. The zero-order chi connectivity index (χ0) is 14.9. The molecule has 0 unspecified atom stereocenters. The minimum Gasteiger partial charge on any atom is -0.340 e. The van der Waals surface area contributed by atoms with Gasteiger partial charge in [-0.25, -0.2) is 17.5 Å². The van der Waals surface area contributed by atoms with Crippen molar-refractivity contribution in [2.24, 2.45) is 0 Å². The van der Waals surface area contributed by atoms with Crippen LogP contribution in [-0.4, -0.2) is 18.6 Å². The van der Waals surface area contributed by atoms with Crippen LogP contribution in [0.15, 0.2) is 27.6 Å². The number of hydrogen-bond donors (Lipinski definition) is 1. The Morgan fingerprint density at radius 1 is 1.45 bits per heavy atom. The average molecular weight is 320 g/mol. The van der Waals surface area contributed by atoms with Crippen molar-refractivity contribution in [3.8, 4) is 0 Å². The van der Waals surface area contributed by atoms with E-state index in [0.29, 0.717) is 5.89 Å². The molecule has 2 aromatic rings. The summed E-state index contributed by atoms with van der Waals surface area (Å²) in [6, 6.07) is 2.85. The summed E-state index contributed by atoms with van der Waals surface area (Å²) >= 11 is 5.74. The summed E-state index contributed by atoms with van der Waals surface area (Å²) in [5, 5.41) is 3.40. The molecule has 0 aliphatic rings. The second kappa shape index (κ2) is 5.47. The van der Waals surface area contributed by atoms with E-state index in [1.165, 1.54) is 19.1 Å². The predicted octanol–water partition coefficient (Wildman–Crippen LogP) is 2.21. The summed E-state index contributed by atoms with van der Waals surface area (Å²) in [7, 11) is -4.14. The average Bonchev–Trinajstić information content (AvgIpc) is 2.74. The second-order valence-corrected chi connectivity index (χ2v) is 6.12. The highest BCUT2D eigenvalue weighted by atomic mass is 35.5. The van der Waals surface area contributed by atoms with Crippen LogP contribution in [0, 0.1) is 12.7 Å². The molecule has 0 bridgehead atoms. The maximum atomic E-state index is 13.6. The molecule has 20 heavy (non-hydrogen) atoms. The lowest BCUT2D eigenvalue weighted by Crippen LogP contribution is -2.28. The van der Waals surface area contributed by atoms with Crippen molar-refractivity contribution < 1.29 is 17.3 Å². The van der Waals surface area contributed by atoms with Crippen LogP contribution in [0.3, 0.4) is 0 Å². The third kappa shape index (κ3) is 2.97. The Hall–Kier alpha value is -1.51. The van der Waals surface area contributed by atoms with Crippen LogP contribution in [0.25, 0.3) is 0 Å². The number of hydrogen-bond acceptors (Lipinski definition) is 5. The maximum Gasteiger partial charge on any atom is 0.245 e. The number of halogens is 2. The number of nitrogens with zero attached hydrogens (tertiary/aromatic N) is 2. The molecule has 1 aromatic carbocycles. The molecule has 1 heterocycles. The Kier molecular flexibility index (Phi) is 4.07. The molecule has 1 N–H and O–H groups in total. The van der Waals surface area contributed by atoms with Gasteiger partial charge in [0.1, 0.15) is 10.7 Å². The van der Waals surface area contributed by atoms with Gasteiger partial charge in [-0.3, -0.25) is 0 Å². The van der Waals surface area contributed by atoms with E-state index >= 15 is 0 Å². The number of aromatic nitrogens is 2. The fourth-order valence-electron chi connectivity index (χ4n) is 1.57. The molecule has 0 fully saturated rings. The number of sulfonamides is 1. The molecule has 6 nitrogen and oxygen atoms in total. The van der Waals surface area contributed by atoms with E-state index in [1.807, 2.05) is 0 Å². The van der Waals surface area contributed by atoms with Gasteiger partial charge in [-0.1, -0.05) is 22.8 Å².